The van der Waals surface area contributed by atoms with Crippen molar-refractivity contribution in [2.75, 3.05) is 19.8 Å². The largest absolute Gasteiger partial charge is 0.457 e. The van der Waals surface area contributed by atoms with Crippen LogP contribution in [0, 0.1) is 0 Å². The SMILES string of the molecule is CCCCCCC/C=C\C/C=C\C/C=C\CCCCCCCCCCCCCOCC(CO)OC(=O)CCCCCCCCCCCCCCCCCCCCCCC. The Labute approximate surface area is 370 Å². The van der Waals surface area contributed by atoms with E-state index in [4.69, 9.17) is 9.47 Å². The van der Waals surface area contributed by atoms with E-state index in [1.807, 2.05) is 0 Å². The third-order valence-electron chi connectivity index (χ3n) is 12.0. The minimum atomic E-state index is -0.534. The summed E-state index contributed by atoms with van der Waals surface area (Å²) in [5, 5.41) is 9.66. The first-order valence-electron chi connectivity index (χ1n) is 26.6. The van der Waals surface area contributed by atoms with Gasteiger partial charge in [-0.3, -0.25) is 4.79 Å². The summed E-state index contributed by atoms with van der Waals surface area (Å²) < 4.78 is 11.2. The van der Waals surface area contributed by atoms with Crippen LogP contribution in [-0.2, 0) is 14.3 Å². The molecular formula is C55H104O4. The summed E-state index contributed by atoms with van der Waals surface area (Å²) in [6.07, 6.45) is 68.2. The molecule has 0 bridgehead atoms. The second-order valence-corrected chi connectivity index (χ2v) is 18.0. The molecule has 0 fully saturated rings. The van der Waals surface area contributed by atoms with Crippen LogP contribution < -0.4 is 0 Å². The molecule has 0 amide bonds. The number of unbranched alkanes of at least 4 members (excludes halogenated alkanes) is 36. The highest BCUT2D eigenvalue weighted by atomic mass is 16.6. The Hall–Kier alpha value is -1.39. The summed E-state index contributed by atoms with van der Waals surface area (Å²) in [7, 11) is 0. The van der Waals surface area contributed by atoms with Gasteiger partial charge >= 0.3 is 5.97 Å². The Morgan fingerprint density at radius 3 is 1.07 bits per heavy atom. The van der Waals surface area contributed by atoms with E-state index in [0.29, 0.717) is 19.6 Å². The van der Waals surface area contributed by atoms with Gasteiger partial charge in [0.25, 0.3) is 0 Å². The van der Waals surface area contributed by atoms with Gasteiger partial charge < -0.3 is 14.6 Å². The molecule has 4 heteroatoms. The van der Waals surface area contributed by atoms with E-state index in [0.717, 1.165) is 32.1 Å². The number of hydrogen-bond donors (Lipinski definition) is 1. The molecule has 1 N–H and O–H groups in total. The predicted molar refractivity (Wildman–Crippen MR) is 260 cm³/mol. The fraction of sp³-hybridized carbons (Fsp3) is 0.873. The van der Waals surface area contributed by atoms with E-state index >= 15 is 0 Å². The molecule has 348 valence electrons. The lowest BCUT2D eigenvalue weighted by Gasteiger charge is -2.16. The number of hydrogen-bond acceptors (Lipinski definition) is 4. The van der Waals surface area contributed by atoms with E-state index in [1.54, 1.807) is 0 Å². The van der Waals surface area contributed by atoms with Crippen molar-refractivity contribution in [2.45, 2.75) is 290 Å². The summed E-state index contributed by atoms with van der Waals surface area (Å²) in [6, 6.07) is 0. The Bertz CT molecular complexity index is 878. The fourth-order valence-electron chi connectivity index (χ4n) is 7.99. The Kier molecular flexibility index (Phi) is 51.5. The third kappa shape index (κ3) is 50.9. The zero-order valence-electron chi connectivity index (χ0n) is 40.0. The highest BCUT2D eigenvalue weighted by Gasteiger charge is 2.13. The quantitative estimate of drug-likeness (QED) is 0.0377. The molecule has 0 saturated heterocycles. The van der Waals surface area contributed by atoms with Crippen molar-refractivity contribution in [1.82, 2.24) is 0 Å². The van der Waals surface area contributed by atoms with Crippen molar-refractivity contribution in [1.29, 1.82) is 0 Å². The maximum absolute atomic E-state index is 12.3. The molecule has 0 saturated carbocycles. The first kappa shape index (κ1) is 57.6. The normalized spacial score (nSPS) is 12.5. The molecule has 0 aliphatic rings. The lowest BCUT2D eigenvalue weighted by atomic mass is 10.0. The molecule has 0 heterocycles. The number of allylic oxidation sites excluding steroid dienone is 6. The van der Waals surface area contributed by atoms with E-state index in [1.165, 1.54) is 231 Å². The summed E-state index contributed by atoms with van der Waals surface area (Å²) in [5.41, 5.74) is 0. The number of aliphatic hydroxyl groups excluding tert-OH is 1. The lowest BCUT2D eigenvalue weighted by Crippen LogP contribution is -2.27. The van der Waals surface area contributed by atoms with Crippen LogP contribution in [0.3, 0.4) is 0 Å². The zero-order chi connectivity index (χ0) is 42.6. The van der Waals surface area contributed by atoms with Crippen LogP contribution in [0.1, 0.15) is 284 Å². The first-order chi connectivity index (χ1) is 29.2. The standard InChI is InChI=1S/C55H104O4/c1-3-5-7-9-11-13-15-17-19-21-23-25-26-27-28-29-31-33-35-37-39-41-43-45-47-49-51-58-53-54(52-56)59-55(57)50-48-46-44-42-40-38-36-34-32-30-24-22-20-18-16-14-12-10-8-6-4-2/h15,17,21,23,26-27,54,56H,3-14,16,18-20,22,24-25,28-53H2,1-2H3/b17-15-,23-21-,27-26-. The van der Waals surface area contributed by atoms with Crippen molar-refractivity contribution in [3.05, 3.63) is 36.5 Å². The summed E-state index contributed by atoms with van der Waals surface area (Å²) in [4.78, 5) is 12.3. The number of carbonyl (C=O) groups excluding carboxylic acids is 1. The molecule has 4 nitrogen and oxygen atoms in total. The van der Waals surface area contributed by atoms with E-state index in [9.17, 15) is 9.90 Å². The summed E-state index contributed by atoms with van der Waals surface area (Å²) in [6.45, 7) is 5.38. The van der Waals surface area contributed by atoms with E-state index < -0.39 is 6.10 Å². The van der Waals surface area contributed by atoms with Gasteiger partial charge in [0.2, 0.25) is 0 Å². The highest BCUT2D eigenvalue weighted by molar-refractivity contribution is 5.69. The van der Waals surface area contributed by atoms with Crippen LogP contribution >= 0.6 is 0 Å². The molecule has 0 aromatic rings. The monoisotopic (exact) mass is 829 g/mol. The van der Waals surface area contributed by atoms with Gasteiger partial charge in [-0.1, -0.05) is 262 Å². The number of carbonyl (C=O) groups is 1. The van der Waals surface area contributed by atoms with Gasteiger partial charge in [0.15, 0.2) is 0 Å². The Balaban J connectivity index is 3.38. The van der Waals surface area contributed by atoms with Crippen molar-refractivity contribution in [3.63, 3.8) is 0 Å². The van der Waals surface area contributed by atoms with Gasteiger partial charge in [-0.2, -0.15) is 0 Å². The van der Waals surface area contributed by atoms with E-state index in [-0.39, 0.29) is 12.6 Å². The molecule has 0 radical (unpaired) electrons. The second kappa shape index (κ2) is 52.7. The topological polar surface area (TPSA) is 55.8 Å². The van der Waals surface area contributed by atoms with Gasteiger partial charge in [-0.05, 0) is 51.4 Å². The molecule has 0 aromatic carbocycles. The van der Waals surface area contributed by atoms with Gasteiger partial charge in [0.05, 0.1) is 13.2 Å². The summed E-state index contributed by atoms with van der Waals surface area (Å²) in [5.74, 6) is -0.195. The molecule has 0 spiro atoms. The van der Waals surface area contributed by atoms with Gasteiger partial charge in [0.1, 0.15) is 6.10 Å². The number of esters is 1. The predicted octanol–water partition coefficient (Wildman–Crippen LogP) is 18.0. The molecule has 0 aliphatic carbocycles. The number of aliphatic hydroxyl groups is 1. The average Bonchev–Trinajstić information content (AvgIpc) is 3.24. The smallest absolute Gasteiger partial charge is 0.306 e. The van der Waals surface area contributed by atoms with Gasteiger partial charge in [-0.15, -0.1) is 0 Å². The van der Waals surface area contributed by atoms with Gasteiger partial charge in [-0.25, -0.2) is 0 Å². The van der Waals surface area contributed by atoms with Crippen LogP contribution in [0.5, 0.6) is 0 Å². The maximum Gasteiger partial charge on any atom is 0.306 e. The van der Waals surface area contributed by atoms with Crippen LogP contribution in [0.4, 0.5) is 0 Å². The molecule has 1 atom stereocenters. The van der Waals surface area contributed by atoms with Crippen LogP contribution in [-0.4, -0.2) is 37.0 Å². The van der Waals surface area contributed by atoms with Crippen molar-refractivity contribution < 1.29 is 19.4 Å². The molecule has 0 aliphatic heterocycles. The van der Waals surface area contributed by atoms with Crippen LogP contribution in [0.25, 0.3) is 0 Å². The van der Waals surface area contributed by atoms with Crippen LogP contribution in [0.2, 0.25) is 0 Å². The fourth-order valence-corrected chi connectivity index (χ4v) is 7.99. The molecular weight excluding hydrogens is 725 g/mol. The third-order valence-corrected chi connectivity index (χ3v) is 12.0. The maximum atomic E-state index is 12.3. The highest BCUT2D eigenvalue weighted by Crippen LogP contribution is 2.16. The summed E-state index contributed by atoms with van der Waals surface area (Å²) >= 11 is 0. The average molecular weight is 829 g/mol. The van der Waals surface area contributed by atoms with Gasteiger partial charge in [0, 0.05) is 13.0 Å². The molecule has 1 unspecified atom stereocenters. The van der Waals surface area contributed by atoms with Crippen molar-refractivity contribution >= 4 is 5.97 Å². The molecule has 59 heavy (non-hydrogen) atoms. The minimum Gasteiger partial charge on any atom is -0.457 e. The zero-order valence-corrected chi connectivity index (χ0v) is 40.0. The van der Waals surface area contributed by atoms with E-state index in [2.05, 4.69) is 50.3 Å². The number of ether oxygens (including phenoxy) is 2. The Morgan fingerprint density at radius 2 is 0.712 bits per heavy atom. The first-order valence-corrected chi connectivity index (χ1v) is 26.6. The lowest BCUT2D eigenvalue weighted by molar-refractivity contribution is -0.154. The Morgan fingerprint density at radius 1 is 0.407 bits per heavy atom. The number of rotatable bonds is 50. The van der Waals surface area contributed by atoms with Crippen molar-refractivity contribution in [3.8, 4) is 0 Å². The molecule has 0 aromatic heterocycles. The van der Waals surface area contributed by atoms with Crippen LogP contribution in [0.15, 0.2) is 36.5 Å². The molecule has 0 rings (SSSR count). The van der Waals surface area contributed by atoms with Crippen molar-refractivity contribution in [2.24, 2.45) is 0 Å². The second-order valence-electron chi connectivity index (χ2n) is 18.0. The minimum absolute atomic E-state index is 0.169.